The number of aromatic nitrogens is 5. The average Bonchev–Trinajstić information content (AvgIpc) is 3.84. The van der Waals surface area contributed by atoms with Gasteiger partial charge in [0.2, 0.25) is 10.2 Å². The number of halogens is 1. The highest BCUT2D eigenvalue weighted by Crippen LogP contribution is 2.29. The SMILES string of the molecule is NS(=O)(=O)c1nc2ccc(OCc3cn(C(Cc4ccc(OCCF)cc4)C(=O)NC(Cc4c[nH]c5ccccc45)C(=O)O)nn3)cc2s1. The van der Waals surface area contributed by atoms with Gasteiger partial charge in [0.25, 0.3) is 10.0 Å². The predicted molar refractivity (Wildman–Crippen MR) is 178 cm³/mol. The molecule has 0 aliphatic rings. The molecule has 3 aromatic carbocycles. The van der Waals surface area contributed by atoms with Crippen molar-refractivity contribution >= 4 is 54.4 Å². The molecule has 3 heterocycles. The van der Waals surface area contributed by atoms with E-state index in [2.05, 4.69) is 25.6 Å². The Hall–Kier alpha value is -5.39. The molecule has 0 spiro atoms. The molecule has 17 heteroatoms. The monoisotopic (exact) mass is 707 g/mol. The minimum absolute atomic E-state index is 0.0394. The molecule has 3 aromatic heterocycles. The normalized spacial score (nSPS) is 12.9. The minimum atomic E-state index is -3.95. The first-order valence-corrected chi connectivity index (χ1v) is 17.3. The van der Waals surface area contributed by atoms with Gasteiger partial charge in [-0.25, -0.2) is 32.4 Å². The third kappa shape index (κ3) is 8.02. The number of nitrogens with one attached hydrogen (secondary N) is 2. The number of carbonyl (C=O) groups is 2. The molecule has 0 bridgehead atoms. The molecule has 5 N–H and O–H groups in total. The molecule has 254 valence electrons. The number of carboxylic acids is 1. The number of nitrogens with zero attached hydrogens (tertiary/aromatic N) is 4. The quantitative estimate of drug-likeness (QED) is 0.122. The van der Waals surface area contributed by atoms with Gasteiger partial charge < -0.3 is 24.9 Å². The number of hydrogen-bond donors (Lipinski definition) is 4. The Bertz CT molecular complexity index is 2220. The largest absolute Gasteiger partial charge is 0.491 e. The second kappa shape index (κ2) is 14.4. The van der Waals surface area contributed by atoms with Gasteiger partial charge >= 0.3 is 5.97 Å². The number of H-pyrrole nitrogens is 1. The molecule has 49 heavy (non-hydrogen) atoms. The van der Waals surface area contributed by atoms with Crippen LogP contribution >= 0.6 is 11.3 Å². The second-order valence-corrected chi connectivity index (χ2v) is 13.8. The Morgan fingerprint density at radius 1 is 1.06 bits per heavy atom. The average molecular weight is 708 g/mol. The Labute approximate surface area is 282 Å². The summed E-state index contributed by atoms with van der Waals surface area (Å²) in [6.07, 6.45) is 3.42. The lowest BCUT2D eigenvalue weighted by Crippen LogP contribution is -2.46. The van der Waals surface area contributed by atoms with E-state index < -0.39 is 40.7 Å². The summed E-state index contributed by atoms with van der Waals surface area (Å²) in [5.74, 6) is -0.917. The summed E-state index contributed by atoms with van der Waals surface area (Å²) in [6, 6.07) is 16.9. The van der Waals surface area contributed by atoms with Gasteiger partial charge in [0, 0.05) is 29.9 Å². The van der Waals surface area contributed by atoms with E-state index in [0.29, 0.717) is 33.0 Å². The van der Waals surface area contributed by atoms with Gasteiger partial charge in [0.05, 0.1) is 16.4 Å². The maximum atomic E-state index is 13.8. The molecule has 6 rings (SSSR count). The summed E-state index contributed by atoms with van der Waals surface area (Å²) in [4.78, 5) is 33.3. The van der Waals surface area contributed by atoms with Gasteiger partial charge in [-0.3, -0.25) is 4.79 Å². The van der Waals surface area contributed by atoms with E-state index in [9.17, 15) is 27.5 Å². The van der Waals surface area contributed by atoms with Crippen LogP contribution < -0.4 is 19.9 Å². The van der Waals surface area contributed by atoms with Crippen LogP contribution in [-0.2, 0) is 39.1 Å². The Morgan fingerprint density at radius 2 is 1.84 bits per heavy atom. The van der Waals surface area contributed by atoms with Crippen molar-refractivity contribution in [1.29, 1.82) is 0 Å². The summed E-state index contributed by atoms with van der Waals surface area (Å²) in [7, 11) is -3.95. The van der Waals surface area contributed by atoms with Gasteiger partial charge in [0.1, 0.15) is 49.2 Å². The lowest BCUT2D eigenvalue weighted by Gasteiger charge is -2.21. The number of aliphatic carboxylic acids is 1. The number of alkyl halides is 1. The van der Waals surface area contributed by atoms with Gasteiger partial charge in [-0.05, 0) is 47.5 Å². The van der Waals surface area contributed by atoms with Crippen LogP contribution in [0.15, 0.2) is 83.5 Å². The molecule has 0 aliphatic carbocycles. The first-order chi connectivity index (χ1) is 23.6. The summed E-state index contributed by atoms with van der Waals surface area (Å²) >= 11 is 0.916. The number of fused-ring (bicyclic) bond motifs is 2. The number of benzene rings is 3. The summed E-state index contributed by atoms with van der Waals surface area (Å²) in [5, 5.41) is 27.1. The van der Waals surface area contributed by atoms with Crippen LogP contribution in [0.2, 0.25) is 0 Å². The van der Waals surface area contributed by atoms with Crippen molar-refractivity contribution in [3.8, 4) is 11.5 Å². The Morgan fingerprint density at radius 3 is 2.59 bits per heavy atom. The van der Waals surface area contributed by atoms with E-state index in [4.69, 9.17) is 14.6 Å². The maximum absolute atomic E-state index is 13.8. The van der Waals surface area contributed by atoms with Crippen LogP contribution in [0.4, 0.5) is 4.39 Å². The molecule has 0 saturated heterocycles. The summed E-state index contributed by atoms with van der Waals surface area (Å²) in [6.45, 7) is -0.763. The topological polar surface area (TPSA) is 204 Å². The van der Waals surface area contributed by atoms with Crippen molar-refractivity contribution in [3.63, 3.8) is 0 Å². The van der Waals surface area contributed by atoms with E-state index in [1.54, 1.807) is 48.7 Å². The minimum Gasteiger partial charge on any atom is -0.491 e. The van der Waals surface area contributed by atoms with E-state index in [0.717, 1.165) is 27.8 Å². The van der Waals surface area contributed by atoms with E-state index in [1.807, 2.05) is 24.3 Å². The van der Waals surface area contributed by atoms with E-state index in [-0.39, 0.29) is 30.4 Å². The highest BCUT2D eigenvalue weighted by molar-refractivity contribution is 7.91. The fourth-order valence-electron chi connectivity index (χ4n) is 5.18. The molecule has 2 unspecified atom stereocenters. The smallest absolute Gasteiger partial charge is 0.326 e. The lowest BCUT2D eigenvalue weighted by atomic mass is 10.0. The molecule has 1 amide bonds. The number of nitrogens with two attached hydrogens (primary N) is 1. The van der Waals surface area contributed by atoms with Gasteiger partial charge in [-0.15, -0.1) is 16.4 Å². The van der Waals surface area contributed by atoms with Crippen LogP contribution in [0.25, 0.3) is 21.1 Å². The predicted octanol–water partition coefficient (Wildman–Crippen LogP) is 3.54. The number of aromatic amines is 1. The number of ether oxygens (including phenoxy) is 2. The Balaban J connectivity index is 1.21. The number of primary sulfonamides is 1. The molecule has 6 aromatic rings. The first kappa shape index (κ1) is 33.5. The number of amides is 1. The lowest BCUT2D eigenvalue weighted by molar-refractivity contribution is -0.142. The third-order valence-corrected chi connectivity index (χ3v) is 9.90. The molecular weight excluding hydrogens is 678 g/mol. The molecular formula is C32H30FN7O7S2. The van der Waals surface area contributed by atoms with Crippen LogP contribution in [0.5, 0.6) is 11.5 Å². The molecule has 0 aliphatic heterocycles. The van der Waals surface area contributed by atoms with Crippen LogP contribution in [0, 0.1) is 0 Å². The van der Waals surface area contributed by atoms with E-state index in [1.165, 1.54) is 10.9 Å². The third-order valence-electron chi connectivity index (χ3n) is 7.56. The Kier molecular flexibility index (Phi) is 9.84. The molecule has 0 fully saturated rings. The number of carboxylic acid groups (broad SMARTS) is 1. The van der Waals surface area contributed by atoms with Gasteiger partial charge in [-0.2, -0.15) is 0 Å². The van der Waals surface area contributed by atoms with Gasteiger partial charge in [-0.1, -0.05) is 35.5 Å². The van der Waals surface area contributed by atoms with Crippen LogP contribution in [0.1, 0.15) is 22.9 Å². The highest BCUT2D eigenvalue weighted by atomic mass is 32.2. The number of rotatable bonds is 15. The van der Waals surface area contributed by atoms with Crippen LogP contribution in [0.3, 0.4) is 0 Å². The zero-order valence-corrected chi connectivity index (χ0v) is 27.3. The molecule has 0 saturated carbocycles. The van der Waals surface area contributed by atoms with Crippen LogP contribution in [-0.4, -0.2) is 69.7 Å². The standard InChI is InChI=1S/C32H30FN7O7S2/c33-11-12-46-22-7-5-19(6-8-22)13-28(30(41)36-27(31(42)43)14-20-16-35-25-4-2-1-3-24(20)25)40-17-21(38-39-40)18-47-23-9-10-26-29(15-23)48-32(37-26)49(34,44)45/h1-10,15-17,27-28,35H,11-14,18H2,(H,36,41)(H,42,43)(H2,34,44,45). The highest BCUT2D eigenvalue weighted by Gasteiger charge is 2.29. The zero-order chi connectivity index (χ0) is 34.5. The maximum Gasteiger partial charge on any atom is 0.326 e. The van der Waals surface area contributed by atoms with Crippen molar-refractivity contribution in [2.45, 2.75) is 35.9 Å². The van der Waals surface area contributed by atoms with Gasteiger partial charge in [0.15, 0.2) is 0 Å². The van der Waals surface area contributed by atoms with Crippen molar-refractivity contribution in [2.24, 2.45) is 5.14 Å². The molecule has 0 radical (unpaired) electrons. The fourth-order valence-corrected chi connectivity index (χ4v) is 6.87. The summed E-state index contributed by atoms with van der Waals surface area (Å²) < 4.78 is 48.8. The number of sulfonamides is 1. The zero-order valence-electron chi connectivity index (χ0n) is 25.7. The molecule has 14 nitrogen and oxygen atoms in total. The first-order valence-electron chi connectivity index (χ1n) is 14.9. The van der Waals surface area contributed by atoms with E-state index >= 15 is 0 Å². The fraction of sp³-hybridized carbons (Fsp3) is 0.219. The second-order valence-electron chi connectivity index (χ2n) is 11.0. The van der Waals surface area contributed by atoms with Crippen molar-refractivity contribution in [2.75, 3.05) is 13.3 Å². The molecule has 2 atom stereocenters. The number of thiazole rings is 1. The summed E-state index contributed by atoms with van der Waals surface area (Å²) in [5.41, 5.74) is 3.12. The van der Waals surface area contributed by atoms with Crippen molar-refractivity contribution in [1.82, 2.24) is 30.3 Å². The number of carbonyl (C=O) groups excluding carboxylic acids is 1. The number of para-hydroxylation sites is 1. The number of hydrogen-bond acceptors (Lipinski definition) is 10. The van der Waals surface area contributed by atoms with Crippen molar-refractivity contribution < 1.29 is 37.0 Å². The van der Waals surface area contributed by atoms with Crippen molar-refractivity contribution in [3.05, 3.63) is 95.9 Å².